The molecule has 0 fully saturated rings. The Morgan fingerprint density at radius 1 is 1.17 bits per heavy atom. The molecule has 5 nitrogen and oxygen atoms in total. The van der Waals surface area contributed by atoms with Gasteiger partial charge in [0.25, 0.3) is 0 Å². The van der Waals surface area contributed by atoms with Gasteiger partial charge in [0.2, 0.25) is 0 Å². The van der Waals surface area contributed by atoms with Crippen molar-refractivity contribution < 1.29 is 18.7 Å². The van der Waals surface area contributed by atoms with Crippen LogP contribution in [0.2, 0.25) is 0 Å². The first-order valence-corrected chi connectivity index (χ1v) is 7.06. The van der Waals surface area contributed by atoms with Gasteiger partial charge in [-0.1, -0.05) is 30.3 Å². The Kier molecular flexibility index (Phi) is 4.38. The molecule has 0 N–H and O–H groups in total. The number of aromatic nitrogens is 1. The van der Waals surface area contributed by atoms with Gasteiger partial charge in [0.1, 0.15) is 17.9 Å². The van der Waals surface area contributed by atoms with E-state index in [1.807, 2.05) is 36.4 Å². The largest absolute Gasteiger partial charge is 0.488 e. The van der Waals surface area contributed by atoms with Crippen molar-refractivity contribution in [3.63, 3.8) is 0 Å². The summed E-state index contributed by atoms with van der Waals surface area (Å²) in [5.41, 5.74) is 2.09. The van der Waals surface area contributed by atoms with E-state index in [0.29, 0.717) is 23.7 Å². The molecule has 0 aliphatic rings. The van der Waals surface area contributed by atoms with Gasteiger partial charge >= 0.3 is 5.97 Å². The molecule has 0 bridgehead atoms. The number of methoxy groups -OCH3 is 1. The minimum atomic E-state index is -0.463. The second-order valence-corrected chi connectivity index (χ2v) is 4.84. The highest BCUT2D eigenvalue weighted by molar-refractivity contribution is 5.93. The van der Waals surface area contributed by atoms with E-state index < -0.39 is 5.97 Å². The first kappa shape index (κ1) is 14.8. The maximum atomic E-state index is 12.0. The van der Waals surface area contributed by atoms with Crippen molar-refractivity contribution in [3.05, 3.63) is 72.2 Å². The second-order valence-electron chi connectivity index (χ2n) is 4.84. The third-order valence-corrected chi connectivity index (χ3v) is 3.34. The number of esters is 1. The van der Waals surface area contributed by atoms with Crippen LogP contribution in [0.3, 0.4) is 0 Å². The molecule has 23 heavy (non-hydrogen) atoms. The molecule has 0 unspecified atom stereocenters. The molecule has 0 atom stereocenters. The van der Waals surface area contributed by atoms with Crippen LogP contribution < -0.4 is 4.74 Å². The average Bonchev–Trinajstić information content (AvgIpc) is 3.14. The maximum absolute atomic E-state index is 12.0. The summed E-state index contributed by atoms with van der Waals surface area (Å²) in [7, 11) is 1.34. The van der Waals surface area contributed by atoms with Crippen molar-refractivity contribution in [1.29, 1.82) is 0 Å². The van der Waals surface area contributed by atoms with Crippen molar-refractivity contribution in [3.8, 4) is 17.1 Å². The Morgan fingerprint density at radius 3 is 2.70 bits per heavy atom. The van der Waals surface area contributed by atoms with Crippen molar-refractivity contribution in [2.24, 2.45) is 0 Å². The molecule has 1 aromatic heterocycles. The smallest absolute Gasteiger partial charge is 0.341 e. The molecule has 1 heterocycles. The Balaban J connectivity index is 1.88. The lowest BCUT2D eigenvalue weighted by atomic mass is 10.1. The summed E-state index contributed by atoms with van der Waals surface area (Å²) < 4.78 is 15.9. The van der Waals surface area contributed by atoms with Gasteiger partial charge in [0, 0.05) is 5.56 Å². The number of ether oxygens (including phenoxy) is 2. The summed E-state index contributed by atoms with van der Waals surface area (Å²) in [6, 6.07) is 14.9. The Labute approximate surface area is 133 Å². The lowest BCUT2D eigenvalue weighted by molar-refractivity contribution is 0.0595. The molecule has 3 aromatic rings. The second kappa shape index (κ2) is 6.79. The van der Waals surface area contributed by atoms with Gasteiger partial charge in [-0.05, 0) is 23.8 Å². The van der Waals surface area contributed by atoms with Crippen molar-refractivity contribution >= 4 is 5.97 Å². The quantitative estimate of drug-likeness (QED) is 0.672. The zero-order valence-electron chi connectivity index (χ0n) is 12.6. The zero-order chi connectivity index (χ0) is 16.1. The van der Waals surface area contributed by atoms with E-state index in [0.717, 1.165) is 11.1 Å². The van der Waals surface area contributed by atoms with Crippen LogP contribution in [0.25, 0.3) is 11.3 Å². The van der Waals surface area contributed by atoms with E-state index in [2.05, 4.69) is 4.98 Å². The summed E-state index contributed by atoms with van der Waals surface area (Å²) in [4.78, 5) is 15.9. The minimum Gasteiger partial charge on any atom is -0.488 e. The Morgan fingerprint density at radius 2 is 2.00 bits per heavy atom. The van der Waals surface area contributed by atoms with Crippen molar-refractivity contribution in [2.45, 2.75) is 6.61 Å². The molecule has 0 aliphatic carbocycles. The highest BCUT2D eigenvalue weighted by atomic mass is 16.5. The average molecular weight is 309 g/mol. The van der Waals surface area contributed by atoms with Crippen LogP contribution in [-0.2, 0) is 11.3 Å². The highest BCUT2D eigenvalue weighted by Gasteiger charge is 2.16. The van der Waals surface area contributed by atoms with Crippen LogP contribution in [0.4, 0.5) is 0 Å². The minimum absolute atomic E-state index is 0.345. The van der Waals surface area contributed by atoms with E-state index in [4.69, 9.17) is 13.9 Å². The number of carbonyl (C=O) groups excluding carboxylic acids is 1. The molecule has 3 rings (SSSR count). The Bertz CT molecular complexity index is 782. The van der Waals surface area contributed by atoms with Gasteiger partial charge in [-0.15, -0.1) is 0 Å². The number of hydrogen-bond donors (Lipinski definition) is 0. The fraction of sp³-hybridized carbons (Fsp3) is 0.111. The summed E-state index contributed by atoms with van der Waals surface area (Å²) in [6.45, 7) is 0.368. The van der Waals surface area contributed by atoms with Gasteiger partial charge in [-0.25, -0.2) is 9.78 Å². The van der Waals surface area contributed by atoms with Crippen LogP contribution >= 0.6 is 0 Å². The Hall–Kier alpha value is -3.08. The third-order valence-electron chi connectivity index (χ3n) is 3.34. The SMILES string of the molecule is COC(=O)c1cc(-c2cnco2)ccc1OCc1ccccc1. The van der Waals surface area contributed by atoms with Crippen LogP contribution in [0, 0.1) is 0 Å². The van der Waals surface area contributed by atoms with Crippen LogP contribution in [0.5, 0.6) is 5.75 Å². The lowest BCUT2D eigenvalue weighted by Gasteiger charge is -2.11. The molecule has 2 aromatic carbocycles. The monoisotopic (exact) mass is 309 g/mol. The number of carbonyl (C=O) groups is 1. The number of hydrogen-bond acceptors (Lipinski definition) is 5. The number of oxazole rings is 1. The van der Waals surface area contributed by atoms with Gasteiger partial charge in [0.05, 0.1) is 13.3 Å². The predicted molar refractivity (Wildman–Crippen MR) is 84.1 cm³/mol. The summed E-state index contributed by atoms with van der Waals surface area (Å²) >= 11 is 0. The van der Waals surface area contributed by atoms with E-state index in [1.165, 1.54) is 13.5 Å². The molecule has 0 saturated heterocycles. The third kappa shape index (κ3) is 3.40. The molecule has 116 valence electrons. The predicted octanol–water partition coefficient (Wildman–Crippen LogP) is 3.71. The van der Waals surface area contributed by atoms with Crippen molar-refractivity contribution in [2.75, 3.05) is 7.11 Å². The molecule has 0 aliphatic heterocycles. The van der Waals surface area contributed by atoms with Gasteiger partial charge in [-0.2, -0.15) is 0 Å². The number of rotatable bonds is 5. The summed E-state index contributed by atoms with van der Waals surface area (Å²) in [6.07, 6.45) is 2.92. The topological polar surface area (TPSA) is 61.6 Å². The number of benzene rings is 2. The van der Waals surface area contributed by atoms with Crippen molar-refractivity contribution in [1.82, 2.24) is 4.98 Å². The van der Waals surface area contributed by atoms with E-state index >= 15 is 0 Å². The molecule has 0 saturated carbocycles. The first-order valence-electron chi connectivity index (χ1n) is 7.06. The fourth-order valence-corrected chi connectivity index (χ4v) is 2.17. The normalized spacial score (nSPS) is 10.3. The molecular weight excluding hydrogens is 294 g/mol. The standard InChI is InChI=1S/C18H15NO4/c1-21-18(20)15-9-14(17-10-19-12-23-17)7-8-16(15)22-11-13-5-3-2-4-6-13/h2-10,12H,11H2,1H3. The lowest BCUT2D eigenvalue weighted by Crippen LogP contribution is -2.06. The van der Waals surface area contributed by atoms with Crippen LogP contribution in [0.15, 0.2) is 65.5 Å². The molecule has 0 spiro atoms. The molecule has 0 amide bonds. The maximum Gasteiger partial charge on any atom is 0.341 e. The van der Waals surface area contributed by atoms with Gasteiger partial charge in [0.15, 0.2) is 12.2 Å². The van der Waals surface area contributed by atoms with Crippen LogP contribution in [0.1, 0.15) is 15.9 Å². The zero-order valence-corrected chi connectivity index (χ0v) is 12.6. The first-order chi connectivity index (χ1) is 11.3. The fourth-order valence-electron chi connectivity index (χ4n) is 2.17. The van der Waals surface area contributed by atoms with E-state index in [-0.39, 0.29) is 0 Å². The van der Waals surface area contributed by atoms with E-state index in [1.54, 1.807) is 18.3 Å². The van der Waals surface area contributed by atoms with Gasteiger partial charge in [-0.3, -0.25) is 0 Å². The highest BCUT2D eigenvalue weighted by Crippen LogP contribution is 2.27. The van der Waals surface area contributed by atoms with E-state index in [9.17, 15) is 4.79 Å². The molecule has 5 heteroatoms. The number of nitrogens with zero attached hydrogens (tertiary/aromatic N) is 1. The summed E-state index contributed by atoms with van der Waals surface area (Å²) in [5.74, 6) is 0.572. The van der Waals surface area contributed by atoms with Crippen LogP contribution in [-0.4, -0.2) is 18.1 Å². The molecule has 0 radical (unpaired) electrons. The molecular formula is C18H15NO4. The van der Waals surface area contributed by atoms with Gasteiger partial charge < -0.3 is 13.9 Å². The summed E-state index contributed by atoms with van der Waals surface area (Å²) in [5, 5.41) is 0.